The Morgan fingerprint density at radius 1 is 1.43 bits per heavy atom. The quantitative estimate of drug-likeness (QED) is 0.868. The molecular weight excluding hydrogens is 292 g/mol. The number of halogens is 1. The number of hydrogen-bond donors (Lipinski definition) is 1. The van der Waals surface area contributed by atoms with Crippen molar-refractivity contribution in [1.82, 2.24) is 10.2 Å². The van der Waals surface area contributed by atoms with E-state index in [9.17, 15) is 4.79 Å². The third kappa shape index (κ3) is 4.59. The molecule has 0 spiro atoms. The molecule has 2 rings (SSSR count). The Morgan fingerprint density at radius 2 is 2.19 bits per heavy atom. The van der Waals surface area contributed by atoms with Crippen LogP contribution in [0, 0.1) is 0 Å². The predicted octanol–water partition coefficient (Wildman–Crippen LogP) is 1.69. The first-order chi connectivity index (χ1) is 10.2. The molecule has 0 radical (unpaired) electrons. The predicted molar refractivity (Wildman–Crippen MR) is 81.7 cm³/mol. The number of carbonyl (C=O) groups excluding carboxylic acids is 1. The zero-order chi connectivity index (χ0) is 15.1. The molecule has 1 N–H and O–H groups in total. The van der Waals surface area contributed by atoms with Gasteiger partial charge in [-0.2, -0.15) is 0 Å². The van der Waals surface area contributed by atoms with Crippen LogP contribution in [0.3, 0.4) is 0 Å². The van der Waals surface area contributed by atoms with E-state index in [0.717, 1.165) is 12.1 Å². The van der Waals surface area contributed by atoms with E-state index < -0.39 is 0 Å². The maximum absolute atomic E-state index is 12.1. The zero-order valence-electron chi connectivity index (χ0n) is 12.2. The molecule has 116 valence electrons. The van der Waals surface area contributed by atoms with Gasteiger partial charge in [-0.25, -0.2) is 0 Å². The first-order valence-corrected chi connectivity index (χ1v) is 7.56. The number of ether oxygens (including phenoxy) is 2. The molecule has 1 aliphatic rings. The Morgan fingerprint density at radius 3 is 2.90 bits per heavy atom. The Balaban J connectivity index is 1.96. The van der Waals surface area contributed by atoms with Crippen molar-refractivity contribution >= 4 is 17.5 Å². The largest absolute Gasteiger partial charge is 0.482 e. The molecule has 1 aliphatic heterocycles. The van der Waals surface area contributed by atoms with Gasteiger partial charge in [0.25, 0.3) is 5.91 Å². The highest BCUT2D eigenvalue weighted by molar-refractivity contribution is 6.32. The Bertz CT molecular complexity index is 476. The van der Waals surface area contributed by atoms with E-state index >= 15 is 0 Å². The number of benzene rings is 1. The third-order valence-corrected chi connectivity index (χ3v) is 3.62. The van der Waals surface area contributed by atoms with Crippen LogP contribution >= 0.6 is 11.6 Å². The monoisotopic (exact) mass is 312 g/mol. The first kappa shape index (κ1) is 16.1. The smallest absolute Gasteiger partial charge is 0.260 e. The summed E-state index contributed by atoms with van der Waals surface area (Å²) in [7, 11) is 0. The highest BCUT2D eigenvalue weighted by atomic mass is 35.5. The van der Waals surface area contributed by atoms with E-state index in [-0.39, 0.29) is 12.5 Å². The molecule has 1 aromatic carbocycles. The number of para-hydroxylation sites is 1. The lowest BCUT2D eigenvalue weighted by Gasteiger charge is -2.27. The maximum atomic E-state index is 12.1. The average molecular weight is 313 g/mol. The minimum atomic E-state index is -0.0346. The molecule has 21 heavy (non-hydrogen) atoms. The average Bonchev–Trinajstić information content (AvgIpc) is 2.52. The van der Waals surface area contributed by atoms with E-state index in [1.54, 1.807) is 11.0 Å². The number of rotatable bonds is 6. The normalized spacial score (nSPS) is 15.0. The lowest BCUT2D eigenvalue weighted by atomic mass is 10.2. The van der Waals surface area contributed by atoms with Crippen LogP contribution in [0.1, 0.15) is 12.5 Å². The van der Waals surface area contributed by atoms with Gasteiger partial charge in [0.15, 0.2) is 6.61 Å². The van der Waals surface area contributed by atoms with E-state index in [1.165, 1.54) is 0 Å². The van der Waals surface area contributed by atoms with Crippen LogP contribution in [0.5, 0.6) is 5.75 Å². The summed E-state index contributed by atoms with van der Waals surface area (Å²) in [4.78, 5) is 13.8. The van der Waals surface area contributed by atoms with Crippen molar-refractivity contribution in [2.24, 2.45) is 0 Å². The van der Waals surface area contributed by atoms with Gasteiger partial charge in [-0.1, -0.05) is 30.7 Å². The van der Waals surface area contributed by atoms with Crippen LogP contribution in [-0.4, -0.2) is 50.3 Å². The van der Waals surface area contributed by atoms with Gasteiger partial charge in [0.1, 0.15) is 5.75 Å². The second-order valence-corrected chi connectivity index (χ2v) is 5.20. The first-order valence-electron chi connectivity index (χ1n) is 7.18. The molecule has 6 heteroatoms. The van der Waals surface area contributed by atoms with Gasteiger partial charge in [0.2, 0.25) is 0 Å². The fourth-order valence-corrected chi connectivity index (χ4v) is 2.40. The molecule has 0 aromatic heterocycles. The van der Waals surface area contributed by atoms with Crippen LogP contribution in [0.25, 0.3) is 0 Å². The number of nitrogens with zero attached hydrogens (tertiary/aromatic N) is 1. The molecule has 0 saturated carbocycles. The summed E-state index contributed by atoms with van der Waals surface area (Å²) in [6.07, 6.45) is 0. The van der Waals surface area contributed by atoms with Gasteiger partial charge in [0, 0.05) is 25.2 Å². The number of morpholine rings is 1. The summed E-state index contributed by atoms with van der Waals surface area (Å²) in [5, 5.41) is 3.76. The lowest BCUT2D eigenvalue weighted by molar-refractivity contribution is -0.137. The highest BCUT2D eigenvalue weighted by Crippen LogP contribution is 2.28. The fraction of sp³-hybridized carbons (Fsp3) is 0.533. The van der Waals surface area contributed by atoms with Crippen LogP contribution in [0.15, 0.2) is 18.2 Å². The van der Waals surface area contributed by atoms with Gasteiger partial charge >= 0.3 is 0 Å². The van der Waals surface area contributed by atoms with Gasteiger partial charge in [-0.15, -0.1) is 0 Å². The molecule has 5 nitrogen and oxygen atoms in total. The number of amides is 1. The van der Waals surface area contributed by atoms with Gasteiger partial charge in [-0.05, 0) is 12.6 Å². The van der Waals surface area contributed by atoms with Crippen molar-refractivity contribution in [2.45, 2.75) is 13.5 Å². The molecular formula is C15H21ClN2O3. The second kappa shape index (κ2) is 8.22. The van der Waals surface area contributed by atoms with Crippen molar-refractivity contribution in [3.8, 4) is 5.75 Å². The molecule has 1 heterocycles. The van der Waals surface area contributed by atoms with Crippen LogP contribution in [-0.2, 0) is 16.1 Å². The number of nitrogens with one attached hydrogen (secondary N) is 1. The number of carbonyl (C=O) groups is 1. The van der Waals surface area contributed by atoms with Crippen molar-refractivity contribution in [2.75, 3.05) is 39.5 Å². The maximum Gasteiger partial charge on any atom is 0.260 e. The van der Waals surface area contributed by atoms with E-state index in [1.807, 2.05) is 19.1 Å². The summed E-state index contributed by atoms with van der Waals surface area (Å²) < 4.78 is 10.9. The minimum absolute atomic E-state index is 0.00284. The fourth-order valence-electron chi connectivity index (χ4n) is 2.15. The molecule has 0 atom stereocenters. The summed E-state index contributed by atoms with van der Waals surface area (Å²) in [5.41, 5.74) is 0.958. The molecule has 0 aliphatic carbocycles. The second-order valence-electron chi connectivity index (χ2n) is 4.79. The van der Waals surface area contributed by atoms with Crippen LogP contribution < -0.4 is 10.1 Å². The van der Waals surface area contributed by atoms with Gasteiger partial charge < -0.3 is 19.7 Å². The summed E-state index contributed by atoms with van der Waals surface area (Å²) in [6.45, 7) is 5.98. The van der Waals surface area contributed by atoms with E-state index in [0.29, 0.717) is 43.6 Å². The SMILES string of the molecule is CCNCc1cccc(Cl)c1OCC(=O)N1CCOCC1. The van der Waals surface area contributed by atoms with Crippen LogP contribution in [0.2, 0.25) is 5.02 Å². The van der Waals surface area contributed by atoms with Gasteiger partial charge in [0.05, 0.1) is 18.2 Å². The topological polar surface area (TPSA) is 50.8 Å². The molecule has 0 unspecified atom stereocenters. The van der Waals surface area contributed by atoms with E-state index in [4.69, 9.17) is 21.1 Å². The Hall–Kier alpha value is -1.30. The van der Waals surface area contributed by atoms with Crippen molar-refractivity contribution in [3.05, 3.63) is 28.8 Å². The molecule has 1 amide bonds. The Labute approximate surface area is 130 Å². The molecule has 1 fully saturated rings. The molecule has 1 saturated heterocycles. The van der Waals surface area contributed by atoms with E-state index in [2.05, 4.69) is 5.32 Å². The molecule has 1 aromatic rings. The summed E-state index contributed by atoms with van der Waals surface area (Å²) in [5.74, 6) is 0.550. The summed E-state index contributed by atoms with van der Waals surface area (Å²) >= 11 is 6.18. The summed E-state index contributed by atoms with van der Waals surface area (Å²) in [6, 6.07) is 5.60. The van der Waals surface area contributed by atoms with Crippen molar-refractivity contribution in [3.63, 3.8) is 0 Å². The number of hydrogen-bond acceptors (Lipinski definition) is 4. The lowest BCUT2D eigenvalue weighted by Crippen LogP contribution is -2.43. The van der Waals surface area contributed by atoms with Crippen LogP contribution in [0.4, 0.5) is 0 Å². The zero-order valence-corrected chi connectivity index (χ0v) is 13.0. The van der Waals surface area contributed by atoms with Gasteiger partial charge in [-0.3, -0.25) is 4.79 Å². The Kier molecular flexibility index (Phi) is 6.29. The van der Waals surface area contributed by atoms with Crippen molar-refractivity contribution in [1.29, 1.82) is 0 Å². The highest BCUT2D eigenvalue weighted by Gasteiger charge is 2.18. The minimum Gasteiger partial charge on any atom is -0.482 e. The van der Waals surface area contributed by atoms with Crippen molar-refractivity contribution < 1.29 is 14.3 Å². The molecule has 0 bridgehead atoms. The standard InChI is InChI=1S/C15H21ClN2O3/c1-2-17-10-12-4-3-5-13(16)15(12)21-11-14(19)18-6-8-20-9-7-18/h3-5,17H,2,6-11H2,1H3. The third-order valence-electron chi connectivity index (χ3n) is 3.32.